The normalized spacial score (nSPS) is 16.9. The molecule has 109 heavy (non-hydrogen) atoms. The second-order valence-electron chi connectivity index (χ2n) is 29.7. The number of ether oxygens (including phenoxy) is 5. The van der Waals surface area contributed by atoms with Gasteiger partial charge in [0, 0.05) is 24.9 Å². The first-order valence-corrected chi connectivity index (χ1v) is 42.1. The molecule has 0 saturated carbocycles. The van der Waals surface area contributed by atoms with E-state index < -0.39 is 126 Å². The Labute approximate surface area is 650 Å². The lowest BCUT2D eigenvalue weighted by Crippen LogP contribution is -2.57. The summed E-state index contributed by atoms with van der Waals surface area (Å²) < 4.78 is 49.4. The molecule has 9 N–H and O–H groups in total. The first kappa shape index (κ1) is 92.7. The summed E-state index contributed by atoms with van der Waals surface area (Å²) in [5.74, 6) is -7.14. The van der Waals surface area contributed by atoms with Gasteiger partial charge in [-0.05, 0) is 139 Å². The monoisotopic (exact) mass is 1540 g/mol. The fraction of sp³-hybridized carbons (Fsp3) is 0.699. The molecule has 25 nitrogen and oxygen atoms in total. The predicted octanol–water partition coefficient (Wildman–Crippen LogP) is 11.2. The van der Waals surface area contributed by atoms with Crippen LogP contribution in [0.5, 0.6) is 0 Å². The van der Waals surface area contributed by atoms with Crippen LogP contribution in [0.1, 0.15) is 287 Å². The zero-order valence-corrected chi connectivity index (χ0v) is 67.4. The van der Waals surface area contributed by atoms with Crippen molar-refractivity contribution in [3.63, 3.8) is 0 Å². The van der Waals surface area contributed by atoms with Crippen molar-refractivity contribution in [2.75, 3.05) is 46.3 Å². The smallest absolute Gasteiger partial charge is 0.355 e. The molecule has 26 heteroatoms. The van der Waals surface area contributed by atoms with Crippen molar-refractivity contribution in [1.29, 1.82) is 0 Å². The van der Waals surface area contributed by atoms with Gasteiger partial charge in [-0.25, -0.2) is 13.8 Å². The van der Waals surface area contributed by atoms with Crippen LogP contribution in [0.25, 0.3) is 11.6 Å². The predicted molar refractivity (Wildman–Crippen MR) is 424 cm³/mol. The molecule has 2 aliphatic heterocycles. The maximum absolute atomic E-state index is 14.7. The number of aliphatic hydroxyl groups excluding tert-OH is 1. The number of esters is 4. The fourth-order valence-electron chi connectivity index (χ4n) is 13.8. The Hall–Kier alpha value is -6.94. The van der Waals surface area contributed by atoms with Gasteiger partial charge in [-0.1, -0.05) is 198 Å². The van der Waals surface area contributed by atoms with Crippen LogP contribution in [0.2, 0.25) is 0 Å². The van der Waals surface area contributed by atoms with E-state index in [-0.39, 0.29) is 68.5 Å². The van der Waals surface area contributed by atoms with Crippen LogP contribution in [0.4, 0.5) is 0 Å². The van der Waals surface area contributed by atoms with E-state index in [4.69, 9.17) is 39.3 Å². The molecule has 1 aromatic carbocycles. The number of rotatable bonds is 57. The summed E-state index contributed by atoms with van der Waals surface area (Å²) in [6.07, 6.45) is 33.5. The number of nitrogens with two attached hydrogens (primary N) is 2. The highest BCUT2D eigenvalue weighted by Gasteiger charge is 2.51. The van der Waals surface area contributed by atoms with Crippen molar-refractivity contribution in [3.8, 4) is 0 Å². The topological polar surface area (TPSA) is 355 Å². The third kappa shape index (κ3) is 33.5. The second kappa shape index (κ2) is 52.3. The maximum atomic E-state index is 14.7. The lowest BCUT2D eigenvalue weighted by Gasteiger charge is -2.36. The minimum Gasteiger partial charge on any atom is -0.457 e. The summed E-state index contributed by atoms with van der Waals surface area (Å²) in [6.45, 7) is 9.34. The number of nitrogens with one attached hydrogen (secondary N) is 4. The molecule has 0 radical (unpaired) electrons. The lowest BCUT2D eigenvalue weighted by atomic mass is 9.85. The van der Waals surface area contributed by atoms with E-state index in [1.54, 1.807) is 23.6 Å². The molecule has 0 spiro atoms. The Balaban J connectivity index is 1.21. The minimum absolute atomic E-state index is 0.0555. The number of pyridine rings is 1. The van der Waals surface area contributed by atoms with Crippen molar-refractivity contribution in [2.24, 2.45) is 11.5 Å². The molecule has 3 aliphatic rings. The van der Waals surface area contributed by atoms with Crippen LogP contribution in [0.15, 0.2) is 58.9 Å². The van der Waals surface area contributed by atoms with Crippen LogP contribution in [-0.2, 0) is 102 Å². The van der Waals surface area contributed by atoms with E-state index in [2.05, 4.69) is 53.3 Å². The maximum Gasteiger partial charge on any atom is 0.355 e. The quantitative estimate of drug-likeness (QED) is 0.0106. The molecule has 0 bridgehead atoms. The average Bonchev–Trinajstić information content (AvgIpc) is 1.69. The van der Waals surface area contributed by atoms with E-state index in [0.29, 0.717) is 50.9 Å². The molecule has 0 fully saturated rings. The number of carbonyl (C=O) groups is 8. The van der Waals surface area contributed by atoms with Gasteiger partial charge in [-0.15, -0.1) is 0 Å². The number of amides is 4. The number of aryl methyl sites for hydroxylation is 1. The number of aromatic nitrogens is 1. The van der Waals surface area contributed by atoms with E-state index in [9.17, 15) is 52.5 Å². The Morgan fingerprint density at radius 1 is 0.734 bits per heavy atom. The number of allylic oxidation sites excluding steroid dienone is 4. The van der Waals surface area contributed by atoms with Crippen molar-refractivity contribution >= 4 is 70.2 Å². The number of nitrogens with zero attached hydrogens (tertiary/aromatic N) is 2. The third-order valence-corrected chi connectivity index (χ3v) is 21.1. The van der Waals surface area contributed by atoms with Crippen LogP contribution >= 0.6 is 0 Å². The molecule has 1 aromatic heterocycles. The summed E-state index contributed by atoms with van der Waals surface area (Å²) in [5.41, 5.74) is 13.9. The van der Waals surface area contributed by atoms with E-state index in [0.717, 1.165) is 80.9 Å². The van der Waals surface area contributed by atoms with Crippen molar-refractivity contribution in [1.82, 2.24) is 30.7 Å². The van der Waals surface area contributed by atoms with Crippen LogP contribution < -0.4 is 38.3 Å². The van der Waals surface area contributed by atoms with E-state index in [1.165, 1.54) is 116 Å². The van der Waals surface area contributed by atoms with Gasteiger partial charge in [0.05, 0.1) is 49.9 Å². The molecule has 0 saturated heterocycles. The van der Waals surface area contributed by atoms with Gasteiger partial charge >= 0.3 is 23.9 Å². The molecule has 4 amide bonds. The number of aliphatic hydroxyl groups is 1. The fourth-order valence-corrected chi connectivity index (χ4v) is 14.4. The highest BCUT2D eigenvalue weighted by molar-refractivity contribution is 7.80. The standard InChI is InChI=1S/C83H132N8O17S/c1-8-11-13-15-17-19-21-23-25-27-29-31-33-46-72(70(58-105-109(102)59-103-52-51-90(6)7)87-74(93)47-34-32-30-28-26-24-22-20-18-16-14-12-9-2)107-76(95)49-48-75(94)106-61(5)78(97)86-60(4)77(96)89-69(55-73(85)92)79(98)88-68(45-39-40-50-84)81(100)108-83(10-3)67-54-71-65-44-38-37-42-62-41-35-36-43-63(62)53-64(65)56-91(71)80(99)66(67)57-104-82(83)101/h33,35-36,41,43-44,46,53-54,60-61,68-70,72-73,92H,8-32,34,37-40,42,45,47-52,55-59,84-85H2,1-7H3,(H,86,97)(H,87,93)(H,88,98)(H,89,96)/b46-33+,64-53?,65-44?/t60?,61?,68?,69?,70-,72+,73?,83-,109?/m0/s1. The average molecular weight is 1550 g/mol. The summed E-state index contributed by atoms with van der Waals surface area (Å²) in [4.78, 5) is 128. The molecule has 6 unspecified atom stereocenters. The molecule has 1 aliphatic carbocycles. The van der Waals surface area contributed by atoms with Crippen molar-refractivity contribution in [3.05, 3.63) is 92.4 Å². The Morgan fingerprint density at radius 3 is 1.95 bits per heavy atom. The number of unbranched alkanes of at least 4 members (excludes halogenated alkanes) is 24. The molecule has 5 rings (SSSR count). The highest BCUT2D eigenvalue weighted by Crippen LogP contribution is 2.42. The van der Waals surface area contributed by atoms with Gasteiger partial charge in [-0.3, -0.25) is 37.7 Å². The van der Waals surface area contributed by atoms with Crippen LogP contribution in [0.3, 0.4) is 0 Å². The largest absolute Gasteiger partial charge is 0.457 e. The van der Waals surface area contributed by atoms with Gasteiger partial charge < -0.3 is 71.0 Å². The number of hydrogen-bond acceptors (Lipinski definition) is 20. The van der Waals surface area contributed by atoms with Gasteiger partial charge in [-0.2, -0.15) is 0 Å². The number of benzene rings is 1. The minimum atomic E-state index is -2.12. The van der Waals surface area contributed by atoms with Gasteiger partial charge in [0.2, 0.25) is 23.3 Å². The summed E-state index contributed by atoms with van der Waals surface area (Å²) in [7, 11) is 3.78. The zero-order chi connectivity index (χ0) is 79.4. The Bertz CT molecular complexity index is 3340. The van der Waals surface area contributed by atoms with Crippen molar-refractivity contribution in [2.45, 2.75) is 327 Å². The number of fused-ring (bicyclic) bond motifs is 5. The number of cyclic esters (lactones) is 1. The van der Waals surface area contributed by atoms with E-state index >= 15 is 0 Å². The van der Waals surface area contributed by atoms with Gasteiger partial charge in [0.15, 0.2) is 17.2 Å². The highest BCUT2D eigenvalue weighted by atomic mass is 32.2. The molecule has 3 heterocycles. The third-order valence-electron chi connectivity index (χ3n) is 20.3. The first-order chi connectivity index (χ1) is 52.5. The molecule has 9 atom stereocenters. The summed E-state index contributed by atoms with van der Waals surface area (Å²) in [5, 5.41) is 20.9. The summed E-state index contributed by atoms with van der Waals surface area (Å²) >= 11 is -1.92. The Morgan fingerprint density at radius 2 is 1.34 bits per heavy atom. The van der Waals surface area contributed by atoms with Crippen molar-refractivity contribution < 1.29 is 75.5 Å². The van der Waals surface area contributed by atoms with Gasteiger partial charge in [0.25, 0.3) is 11.5 Å². The molecular formula is C83H132N8O17S. The van der Waals surface area contributed by atoms with Crippen LogP contribution in [-0.4, -0.2) is 155 Å². The Kier molecular flexibility index (Phi) is 44.5. The van der Waals surface area contributed by atoms with E-state index in [1.807, 2.05) is 43.3 Å². The molecule has 612 valence electrons. The van der Waals surface area contributed by atoms with Gasteiger partial charge in [0.1, 0.15) is 43.0 Å². The lowest BCUT2D eigenvalue weighted by molar-refractivity contribution is -0.191. The zero-order valence-electron chi connectivity index (χ0n) is 66.6. The number of hydrogen-bond donors (Lipinski definition) is 7. The molecule has 2 aromatic rings. The number of likely N-dealkylation sites (N-methyl/N-ethyl adjacent to an activating group) is 1. The summed E-state index contributed by atoms with van der Waals surface area (Å²) in [6, 6.07) is 4.33. The first-order valence-electron chi connectivity index (χ1n) is 40.9. The molecular weight excluding hydrogens is 1410 g/mol. The SMILES string of the molecule is CCCCCCCCCCCCC/C=C/[C@@H](OC(=O)CCC(=O)OC(C)C(=O)NC(C)C(=O)NC(CC(N)O)C(=O)NC(CCCCN)C(=O)O[C@]1(CC)C(=O)OCc2c1cc1n(c2=O)CC2=Cc3ccccc3CCCC=C21)[C@H](COS(=O)COCCN(C)C)NC(=O)CCCCCCCCCCCCCCC. The number of carbonyl (C=O) groups excluding carboxylic acids is 8. The second-order valence-corrected chi connectivity index (χ2v) is 30.8. The van der Waals surface area contributed by atoms with Crippen LogP contribution in [0, 0.1) is 0 Å².